The first-order valence-corrected chi connectivity index (χ1v) is 7.96. The third-order valence-corrected chi connectivity index (χ3v) is 3.67. The third kappa shape index (κ3) is 4.32. The zero-order chi connectivity index (χ0) is 17.6. The van der Waals surface area contributed by atoms with Gasteiger partial charge in [0.05, 0.1) is 0 Å². The number of carbonyl (C=O) groups excluding carboxylic acids is 2. The maximum absolute atomic E-state index is 12.3. The molecule has 0 aliphatic heterocycles. The Labute approximate surface area is 146 Å². The molecular formula is C21H18N2O2. The van der Waals surface area contributed by atoms with E-state index in [-0.39, 0.29) is 11.8 Å². The van der Waals surface area contributed by atoms with Crippen molar-refractivity contribution in [3.8, 4) is 0 Å². The van der Waals surface area contributed by atoms with Crippen LogP contribution in [0.3, 0.4) is 0 Å². The smallest absolute Gasteiger partial charge is 0.255 e. The highest BCUT2D eigenvalue weighted by Gasteiger charge is 2.09. The second kappa shape index (κ2) is 7.45. The van der Waals surface area contributed by atoms with Gasteiger partial charge in [-0.25, -0.2) is 0 Å². The molecule has 0 atom stereocenters. The summed E-state index contributed by atoms with van der Waals surface area (Å²) < 4.78 is 0. The highest BCUT2D eigenvalue weighted by atomic mass is 16.2. The van der Waals surface area contributed by atoms with Gasteiger partial charge in [0, 0.05) is 22.5 Å². The van der Waals surface area contributed by atoms with Gasteiger partial charge in [0.2, 0.25) is 0 Å². The van der Waals surface area contributed by atoms with E-state index in [9.17, 15) is 9.59 Å². The molecule has 0 heterocycles. The Morgan fingerprint density at radius 1 is 0.640 bits per heavy atom. The van der Waals surface area contributed by atoms with Crippen LogP contribution in [0.1, 0.15) is 26.3 Å². The summed E-state index contributed by atoms with van der Waals surface area (Å²) in [6.45, 7) is 1.91. The number of hydrogen-bond donors (Lipinski definition) is 2. The second-order valence-electron chi connectivity index (χ2n) is 5.73. The molecule has 0 aromatic heterocycles. The Kier molecular flexibility index (Phi) is 4.90. The molecular weight excluding hydrogens is 312 g/mol. The fourth-order valence-corrected chi connectivity index (χ4v) is 2.51. The van der Waals surface area contributed by atoms with Crippen LogP contribution in [0.4, 0.5) is 11.4 Å². The van der Waals surface area contributed by atoms with Gasteiger partial charge < -0.3 is 10.6 Å². The lowest BCUT2D eigenvalue weighted by atomic mass is 10.1. The van der Waals surface area contributed by atoms with E-state index in [0.29, 0.717) is 22.5 Å². The predicted octanol–water partition coefficient (Wildman–Crippen LogP) is 4.50. The molecule has 124 valence electrons. The zero-order valence-corrected chi connectivity index (χ0v) is 13.8. The molecule has 0 aliphatic rings. The largest absolute Gasteiger partial charge is 0.322 e. The summed E-state index contributed by atoms with van der Waals surface area (Å²) in [7, 11) is 0. The van der Waals surface area contributed by atoms with Crippen LogP contribution < -0.4 is 10.6 Å². The number of carbonyl (C=O) groups is 2. The van der Waals surface area contributed by atoms with Crippen molar-refractivity contribution in [3.05, 3.63) is 95.6 Å². The van der Waals surface area contributed by atoms with Gasteiger partial charge in [0.25, 0.3) is 11.8 Å². The standard InChI is InChI=1S/C21H18N2O2/c1-15-12-18(22-20(24)16-8-4-2-5-9-16)14-19(13-15)23-21(25)17-10-6-3-7-11-17/h2-14H,1H3,(H,22,24)(H,23,25). The van der Waals surface area contributed by atoms with E-state index in [1.807, 2.05) is 55.5 Å². The number of rotatable bonds is 4. The third-order valence-electron chi connectivity index (χ3n) is 3.67. The summed E-state index contributed by atoms with van der Waals surface area (Å²) >= 11 is 0. The van der Waals surface area contributed by atoms with Crippen LogP contribution in [-0.4, -0.2) is 11.8 Å². The maximum atomic E-state index is 12.3. The Morgan fingerprint density at radius 3 is 1.44 bits per heavy atom. The predicted molar refractivity (Wildman–Crippen MR) is 100.0 cm³/mol. The minimum Gasteiger partial charge on any atom is -0.322 e. The summed E-state index contributed by atoms with van der Waals surface area (Å²) in [6, 6.07) is 23.5. The first kappa shape index (κ1) is 16.5. The van der Waals surface area contributed by atoms with E-state index in [4.69, 9.17) is 0 Å². The molecule has 0 unspecified atom stereocenters. The van der Waals surface area contributed by atoms with Crippen molar-refractivity contribution >= 4 is 23.2 Å². The van der Waals surface area contributed by atoms with Crippen molar-refractivity contribution in [2.45, 2.75) is 6.92 Å². The van der Waals surface area contributed by atoms with E-state index < -0.39 is 0 Å². The van der Waals surface area contributed by atoms with Crippen LogP contribution in [0.5, 0.6) is 0 Å². The van der Waals surface area contributed by atoms with Gasteiger partial charge in [-0.05, 0) is 55.0 Å². The number of benzene rings is 3. The molecule has 3 rings (SSSR count). The maximum Gasteiger partial charge on any atom is 0.255 e. The minimum absolute atomic E-state index is 0.188. The van der Waals surface area contributed by atoms with Gasteiger partial charge in [-0.2, -0.15) is 0 Å². The van der Waals surface area contributed by atoms with Crippen molar-refractivity contribution in [2.24, 2.45) is 0 Å². The van der Waals surface area contributed by atoms with Gasteiger partial charge in [-0.15, -0.1) is 0 Å². The molecule has 3 aromatic carbocycles. The summed E-state index contributed by atoms with van der Waals surface area (Å²) in [5.41, 5.74) is 3.38. The molecule has 4 nitrogen and oxygen atoms in total. The van der Waals surface area contributed by atoms with E-state index in [0.717, 1.165) is 5.56 Å². The molecule has 0 radical (unpaired) electrons. The lowest BCUT2D eigenvalue weighted by Crippen LogP contribution is -2.14. The summed E-state index contributed by atoms with van der Waals surface area (Å²) in [4.78, 5) is 24.6. The zero-order valence-electron chi connectivity index (χ0n) is 13.8. The SMILES string of the molecule is Cc1cc(NC(=O)c2ccccc2)cc(NC(=O)c2ccccc2)c1. The van der Waals surface area contributed by atoms with Crippen molar-refractivity contribution in [2.75, 3.05) is 10.6 Å². The van der Waals surface area contributed by atoms with Crippen LogP contribution in [0.25, 0.3) is 0 Å². The highest BCUT2D eigenvalue weighted by molar-refractivity contribution is 6.06. The van der Waals surface area contributed by atoms with E-state index in [2.05, 4.69) is 10.6 Å². The summed E-state index contributed by atoms with van der Waals surface area (Å²) in [6.07, 6.45) is 0. The highest BCUT2D eigenvalue weighted by Crippen LogP contribution is 2.20. The molecule has 0 aliphatic carbocycles. The average molecular weight is 330 g/mol. The topological polar surface area (TPSA) is 58.2 Å². The fraction of sp³-hybridized carbons (Fsp3) is 0.0476. The molecule has 0 fully saturated rings. The van der Waals surface area contributed by atoms with Crippen molar-refractivity contribution in [1.29, 1.82) is 0 Å². The summed E-state index contributed by atoms with van der Waals surface area (Å²) in [5.74, 6) is -0.377. The lowest BCUT2D eigenvalue weighted by molar-refractivity contribution is 0.101. The molecule has 0 bridgehead atoms. The number of aryl methyl sites for hydroxylation is 1. The van der Waals surface area contributed by atoms with Crippen molar-refractivity contribution in [3.63, 3.8) is 0 Å². The van der Waals surface area contributed by atoms with E-state index in [1.165, 1.54) is 0 Å². The van der Waals surface area contributed by atoms with Crippen LogP contribution >= 0.6 is 0 Å². The van der Waals surface area contributed by atoms with Gasteiger partial charge in [-0.3, -0.25) is 9.59 Å². The number of amides is 2. The van der Waals surface area contributed by atoms with Crippen LogP contribution in [0, 0.1) is 6.92 Å². The lowest BCUT2D eigenvalue weighted by Gasteiger charge is -2.11. The monoisotopic (exact) mass is 330 g/mol. The average Bonchev–Trinajstić information content (AvgIpc) is 2.62. The Hall–Kier alpha value is -3.40. The van der Waals surface area contributed by atoms with Crippen LogP contribution in [0.15, 0.2) is 78.9 Å². The quantitative estimate of drug-likeness (QED) is 0.740. The van der Waals surface area contributed by atoms with Gasteiger partial charge in [0.1, 0.15) is 0 Å². The Morgan fingerprint density at radius 2 is 1.04 bits per heavy atom. The molecule has 3 aromatic rings. The van der Waals surface area contributed by atoms with Gasteiger partial charge >= 0.3 is 0 Å². The summed E-state index contributed by atoms with van der Waals surface area (Å²) in [5, 5.41) is 5.72. The van der Waals surface area contributed by atoms with Crippen molar-refractivity contribution in [1.82, 2.24) is 0 Å². The van der Waals surface area contributed by atoms with E-state index >= 15 is 0 Å². The van der Waals surface area contributed by atoms with Gasteiger partial charge in [-0.1, -0.05) is 36.4 Å². The fourth-order valence-electron chi connectivity index (χ4n) is 2.51. The molecule has 0 saturated heterocycles. The number of anilines is 2. The first-order valence-electron chi connectivity index (χ1n) is 7.96. The Bertz CT molecular complexity index is 819. The normalized spacial score (nSPS) is 10.1. The second-order valence-corrected chi connectivity index (χ2v) is 5.73. The number of hydrogen-bond acceptors (Lipinski definition) is 2. The van der Waals surface area contributed by atoms with Crippen LogP contribution in [0.2, 0.25) is 0 Å². The Balaban J connectivity index is 1.76. The minimum atomic E-state index is -0.188. The molecule has 0 saturated carbocycles. The molecule has 25 heavy (non-hydrogen) atoms. The molecule has 2 amide bonds. The number of nitrogens with one attached hydrogen (secondary N) is 2. The van der Waals surface area contributed by atoms with Crippen LogP contribution in [-0.2, 0) is 0 Å². The molecule has 4 heteroatoms. The van der Waals surface area contributed by atoms with Gasteiger partial charge in [0.15, 0.2) is 0 Å². The molecule has 2 N–H and O–H groups in total. The van der Waals surface area contributed by atoms with E-state index in [1.54, 1.807) is 30.3 Å². The molecule has 0 spiro atoms. The first-order chi connectivity index (χ1) is 12.1. The van der Waals surface area contributed by atoms with Crippen molar-refractivity contribution < 1.29 is 9.59 Å².